The minimum atomic E-state index is -1.27. The van der Waals surface area contributed by atoms with Gasteiger partial charge in [-0.2, -0.15) is 0 Å². The quantitative estimate of drug-likeness (QED) is 0.857. The van der Waals surface area contributed by atoms with Gasteiger partial charge in [0, 0.05) is 12.8 Å². The summed E-state index contributed by atoms with van der Waals surface area (Å²) in [5, 5.41) is 10.1. The number of hydrogen-bond donors (Lipinski definition) is 1. The molecule has 0 aromatic heterocycles. The molecule has 1 heterocycles. The summed E-state index contributed by atoms with van der Waals surface area (Å²) >= 11 is 0. The van der Waals surface area contributed by atoms with E-state index in [4.69, 9.17) is 9.47 Å². The zero-order valence-electron chi connectivity index (χ0n) is 14.6. The van der Waals surface area contributed by atoms with Gasteiger partial charge in [-0.3, -0.25) is 4.90 Å². The third-order valence-corrected chi connectivity index (χ3v) is 4.00. The van der Waals surface area contributed by atoms with Gasteiger partial charge in [0.1, 0.15) is 5.60 Å². The highest BCUT2D eigenvalue weighted by atomic mass is 16.6. The Kier molecular flexibility index (Phi) is 5.18. The molecule has 0 spiro atoms. The molecule has 0 radical (unpaired) electrons. The van der Waals surface area contributed by atoms with Crippen molar-refractivity contribution in [2.75, 3.05) is 13.7 Å². The molecule has 1 aliphatic rings. The molecule has 2 rings (SSSR count). The topological polar surface area (TPSA) is 76.1 Å². The largest absolute Gasteiger partial charge is 0.467 e. The molecule has 6 nitrogen and oxygen atoms in total. The maximum Gasteiger partial charge on any atom is 0.411 e. The molecule has 0 unspecified atom stereocenters. The molecule has 1 saturated heterocycles. The van der Waals surface area contributed by atoms with E-state index >= 15 is 0 Å². The maximum atomic E-state index is 12.6. The number of aliphatic hydroxyl groups is 1. The third-order valence-electron chi connectivity index (χ3n) is 4.00. The van der Waals surface area contributed by atoms with Gasteiger partial charge in [0.05, 0.1) is 19.8 Å². The molecule has 1 aromatic rings. The van der Waals surface area contributed by atoms with Crippen molar-refractivity contribution in [3.8, 4) is 0 Å². The zero-order chi connectivity index (χ0) is 18.0. The van der Waals surface area contributed by atoms with Crippen molar-refractivity contribution in [2.24, 2.45) is 0 Å². The normalized spacial score (nSPS) is 23.9. The van der Waals surface area contributed by atoms with E-state index in [2.05, 4.69) is 0 Å². The van der Waals surface area contributed by atoms with Crippen LogP contribution < -0.4 is 0 Å². The van der Waals surface area contributed by atoms with Gasteiger partial charge in [-0.25, -0.2) is 9.59 Å². The van der Waals surface area contributed by atoms with Crippen molar-refractivity contribution in [1.29, 1.82) is 0 Å². The number of hydrogen-bond acceptors (Lipinski definition) is 5. The summed E-state index contributed by atoms with van der Waals surface area (Å²) in [5.41, 5.74) is -1.08. The number of carbonyl (C=O) groups is 2. The van der Waals surface area contributed by atoms with Crippen molar-refractivity contribution in [3.05, 3.63) is 35.9 Å². The fraction of sp³-hybridized carbons (Fsp3) is 0.556. The van der Waals surface area contributed by atoms with Gasteiger partial charge in [-0.1, -0.05) is 30.3 Å². The Balaban J connectivity index is 2.38. The van der Waals surface area contributed by atoms with E-state index in [0.29, 0.717) is 0 Å². The van der Waals surface area contributed by atoms with Crippen LogP contribution in [0, 0.1) is 0 Å². The average molecular weight is 335 g/mol. The molecule has 1 aromatic carbocycles. The lowest BCUT2D eigenvalue weighted by Gasteiger charge is -2.36. The van der Waals surface area contributed by atoms with Gasteiger partial charge in [0.25, 0.3) is 0 Å². The number of benzene rings is 1. The molecule has 0 saturated carbocycles. The molecule has 0 aliphatic carbocycles. The first-order valence-corrected chi connectivity index (χ1v) is 7.99. The number of β-amino-alcohol motifs (C(OH)–C–C–N with tert-alkyl or cyclic N) is 1. The van der Waals surface area contributed by atoms with Crippen molar-refractivity contribution < 1.29 is 24.2 Å². The SMILES string of the molecule is COC(=O)[C@@]1(Cc2ccccc2)C[C@@H](O)CN1C(=O)OC(C)(C)C. The zero-order valence-corrected chi connectivity index (χ0v) is 14.6. The average Bonchev–Trinajstić information content (AvgIpc) is 2.83. The molecular weight excluding hydrogens is 310 g/mol. The predicted molar refractivity (Wildman–Crippen MR) is 88.5 cm³/mol. The second-order valence-corrected chi connectivity index (χ2v) is 7.13. The first-order valence-electron chi connectivity index (χ1n) is 7.99. The first-order chi connectivity index (χ1) is 11.2. The Hall–Kier alpha value is -2.08. The molecule has 1 aliphatic heterocycles. The van der Waals surface area contributed by atoms with E-state index in [-0.39, 0.29) is 19.4 Å². The Morgan fingerprint density at radius 1 is 1.29 bits per heavy atom. The Morgan fingerprint density at radius 3 is 2.46 bits per heavy atom. The molecule has 0 bridgehead atoms. The highest BCUT2D eigenvalue weighted by molar-refractivity contribution is 5.87. The summed E-state index contributed by atoms with van der Waals surface area (Å²) in [6, 6.07) is 9.36. The second kappa shape index (κ2) is 6.81. The number of nitrogens with zero attached hydrogens (tertiary/aromatic N) is 1. The minimum absolute atomic E-state index is 0.0385. The summed E-state index contributed by atoms with van der Waals surface area (Å²) in [5.74, 6) is -0.547. The van der Waals surface area contributed by atoms with E-state index in [0.717, 1.165) is 5.56 Å². The monoisotopic (exact) mass is 335 g/mol. The van der Waals surface area contributed by atoms with Crippen LogP contribution in [0.15, 0.2) is 30.3 Å². The molecule has 2 atom stereocenters. The third kappa shape index (κ3) is 3.87. The lowest BCUT2D eigenvalue weighted by molar-refractivity contribution is -0.153. The molecule has 1 fully saturated rings. The number of amides is 1. The van der Waals surface area contributed by atoms with Crippen LogP contribution in [0.25, 0.3) is 0 Å². The van der Waals surface area contributed by atoms with Crippen LogP contribution in [-0.2, 0) is 20.7 Å². The lowest BCUT2D eigenvalue weighted by atomic mass is 9.87. The number of aliphatic hydroxyl groups excluding tert-OH is 1. The number of likely N-dealkylation sites (tertiary alicyclic amines) is 1. The molecule has 24 heavy (non-hydrogen) atoms. The van der Waals surface area contributed by atoms with Crippen molar-refractivity contribution in [1.82, 2.24) is 4.90 Å². The van der Waals surface area contributed by atoms with Gasteiger partial charge in [0.2, 0.25) is 0 Å². The standard InChI is InChI=1S/C18H25NO5/c1-17(2,3)24-16(22)19-12-14(20)11-18(19,15(21)23-4)10-13-8-6-5-7-9-13/h5-9,14,20H,10-12H2,1-4H3/t14-,18-/m1/s1. The summed E-state index contributed by atoms with van der Waals surface area (Å²) in [6.45, 7) is 5.31. The molecular formula is C18H25NO5. The van der Waals surface area contributed by atoms with Gasteiger partial charge < -0.3 is 14.6 Å². The number of carbonyl (C=O) groups excluding carboxylic acids is 2. The number of methoxy groups -OCH3 is 1. The van der Waals surface area contributed by atoms with Crippen molar-refractivity contribution >= 4 is 12.1 Å². The van der Waals surface area contributed by atoms with Gasteiger partial charge in [0.15, 0.2) is 5.54 Å². The van der Waals surface area contributed by atoms with E-state index in [1.165, 1.54) is 12.0 Å². The fourth-order valence-electron chi connectivity index (χ4n) is 3.07. The Morgan fingerprint density at radius 2 is 1.92 bits per heavy atom. The fourth-order valence-corrected chi connectivity index (χ4v) is 3.07. The van der Waals surface area contributed by atoms with Crippen LogP contribution in [0.1, 0.15) is 32.8 Å². The Bertz CT molecular complexity index is 595. The van der Waals surface area contributed by atoms with Crippen molar-refractivity contribution in [3.63, 3.8) is 0 Å². The van der Waals surface area contributed by atoms with Crippen molar-refractivity contribution in [2.45, 2.75) is 50.9 Å². The number of ether oxygens (including phenoxy) is 2. The smallest absolute Gasteiger partial charge is 0.411 e. The summed E-state index contributed by atoms with van der Waals surface area (Å²) in [7, 11) is 1.28. The van der Waals surface area contributed by atoms with Gasteiger partial charge >= 0.3 is 12.1 Å². The minimum Gasteiger partial charge on any atom is -0.467 e. The highest BCUT2D eigenvalue weighted by Crippen LogP contribution is 2.35. The number of esters is 1. The van der Waals surface area contributed by atoms with E-state index in [1.54, 1.807) is 20.8 Å². The van der Waals surface area contributed by atoms with Crippen LogP contribution in [-0.4, -0.2) is 53.0 Å². The molecule has 6 heteroatoms. The van der Waals surface area contributed by atoms with Crippen LogP contribution in [0.3, 0.4) is 0 Å². The Labute approximate surface area is 142 Å². The summed E-state index contributed by atoms with van der Waals surface area (Å²) in [4.78, 5) is 26.5. The van der Waals surface area contributed by atoms with Crippen LogP contribution >= 0.6 is 0 Å². The van der Waals surface area contributed by atoms with E-state index < -0.39 is 29.3 Å². The molecule has 1 amide bonds. The maximum absolute atomic E-state index is 12.6. The highest BCUT2D eigenvalue weighted by Gasteiger charge is 2.55. The summed E-state index contributed by atoms with van der Waals surface area (Å²) < 4.78 is 10.4. The number of rotatable bonds is 3. The lowest BCUT2D eigenvalue weighted by Crippen LogP contribution is -2.56. The predicted octanol–water partition coefficient (Wildman–Crippen LogP) is 2.14. The van der Waals surface area contributed by atoms with Crippen LogP contribution in [0.4, 0.5) is 4.79 Å². The van der Waals surface area contributed by atoms with Gasteiger partial charge in [-0.05, 0) is 26.3 Å². The van der Waals surface area contributed by atoms with Crippen LogP contribution in [0.5, 0.6) is 0 Å². The van der Waals surface area contributed by atoms with Gasteiger partial charge in [-0.15, -0.1) is 0 Å². The molecule has 132 valence electrons. The molecule has 1 N–H and O–H groups in total. The first kappa shape index (κ1) is 18.3. The summed E-state index contributed by atoms with van der Waals surface area (Å²) in [6.07, 6.45) is -1.05. The van der Waals surface area contributed by atoms with E-state index in [1.807, 2.05) is 30.3 Å². The second-order valence-electron chi connectivity index (χ2n) is 7.13. The van der Waals surface area contributed by atoms with Crippen LogP contribution in [0.2, 0.25) is 0 Å². The van der Waals surface area contributed by atoms with E-state index in [9.17, 15) is 14.7 Å².